The van der Waals surface area contributed by atoms with E-state index in [1.54, 1.807) is 6.20 Å². The van der Waals surface area contributed by atoms with Gasteiger partial charge in [0.25, 0.3) is 0 Å². The van der Waals surface area contributed by atoms with Crippen molar-refractivity contribution in [3.05, 3.63) is 52.1 Å². The minimum absolute atomic E-state index is 0.661. The van der Waals surface area contributed by atoms with Gasteiger partial charge in [0.05, 0.1) is 0 Å². The van der Waals surface area contributed by atoms with Crippen LogP contribution in [-0.4, -0.2) is 11.5 Å². The average Bonchev–Trinajstić information content (AvgIpc) is 2.41. The molecule has 2 aromatic rings. The van der Waals surface area contributed by atoms with Crippen molar-refractivity contribution in [1.82, 2.24) is 10.3 Å². The second-order valence-corrected chi connectivity index (χ2v) is 5.18. The molecule has 2 rings (SSSR count). The zero-order valence-corrected chi connectivity index (χ0v) is 12.7. The van der Waals surface area contributed by atoms with E-state index in [-0.39, 0.29) is 0 Å². The molecule has 100 valence electrons. The minimum atomic E-state index is 0.661. The number of benzene rings is 1. The first-order valence-electron chi connectivity index (χ1n) is 6.29. The molecule has 1 aromatic carbocycles. The van der Waals surface area contributed by atoms with Crippen molar-refractivity contribution < 1.29 is 4.74 Å². The molecule has 0 unspecified atom stereocenters. The lowest BCUT2D eigenvalue weighted by molar-refractivity contribution is 0.450. The van der Waals surface area contributed by atoms with Gasteiger partial charge in [-0.15, -0.1) is 0 Å². The normalized spacial score (nSPS) is 10.5. The number of pyridine rings is 1. The summed E-state index contributed by atoms with van der Waals surface area (Å²) in [7, 11) is 0. The first kappa shape index (κ1) is 14.0. The van der Waals surface area contributed by atoms with Gasteiger partial charge in [0.1, 0.15) is 5.75 Å². The lowest BCUT2D eigenvalue weighted by Gasteiger charge is -2.12. The van der Waals surface area contributed by atoms with E-state index in [4.69, 9.17) is 4.74 Å². The molecule has 0 bridgehead atoms. The maximum atomic E-state index is 5.92. The fourth-order valence-corrected chi connectivity index (χ4v) is 2.22. The van der Waals surface area contributed by atoms with E-state index in [9.17, 15) is 0 Å². The molecule has 0 atom stereocenters. The lowest BCUT2D eigenvalue weighted by atomic mass is 10.2. The number of ether oxygens (including phenoxy) is 1. The molecule has 0 saturated heterocycles. The van der Waals surface area contributed by atoms with Gasteiger partial charge in [0, 0.05) is 22.8 Å². The quantitative estimate of drug-likeness (QED) is 0.902. The summed E-state index contributed by atoms with van der Waals surface area (Å²) >= 11 is 3.45. The summed E-state index contributed by atoms with van der Waals surface area (Å²) in [5.74, 6) is 1.49. The van der Waals surface area contributed by atoms with Crippen LogP contribution in [0.25, 0.3) is 0 Å². The smallest absolute Gasteiger partial charge is 0.223 e. The van der Waals surface area contributed by atoms with Crippen LogP contribution in [0.5, 0.6) is 11.6 Å². The van der Waals surface area contributed by atoms with Crippen LogP contribution in [0.3, 0.4) is 0 Å². The Labute approximate surface area is 122 Å². The van der Waals surface area contributed by atoms with E-state index >= 15 is 0 Å². The summed E-state index contributed by atoms with van der Waals surface area (Å²) in [6.45, 7) is 5.78. The van der Waals surface area contributed by atoms with Crippen LogP contribution >= 0.6 is 15.9 Å². The molecule has 3 nitrogen and oxygen atoms in total. The maximum Gasteiger partial charge on any atom is 0.223 e. The number of nitrogens with one attached hydrogen (secondary N) is 1. The Morgan fingerprint density at radius 2 is 2.16 bits per heavy atom. The average molecular weight is 321 g/mol. The molecular formula is C15H17BrN2O. The Hall–Kier alpha value is -1.39. The predicted octanol–water partition coefficient (Wildman–Crippen LogP) is 4.05. The molecule has 0 aliphatic heterocycles. The summed E-state index contributed by atoms with van der Waals surface area (Å²) in [6.07, 6.45) is 1.75. The summed E-state index contributed by atoms with van der Waals surface area (Å²) in [5, 5.41) is 3.29. The Balaban J connectivity index is 2.22. The molecule has 0 saturated carbocycles. The number of hydrogen-bond donors (Lipinski definition) is 1. The largest absolute Gasteiger partial charge is 0.438 e. The molecule has 0 amide bonds. The number of aryl methyl sites for hydroxylation is 1. The van der Waals surface area contributed by atoms with Gasteiger partial charge < -0.3 is 10.1 Å². The van der Waals surface area contributed by atoms with E-state index in [1.165, 1.54) is 0 Å². The second-order valence-electron chi connectivity index (χ2n) is 4.26. The number of hydrogen-bond acceptors (Lipinski definition) is 3. The third-order valence-electron chi connectivity index (χ3n) is 2.76. The van der Waals surface area contributed by atoms with Gasteiger partial charge in [-0.3, -0.25) is 0 Å². The van der Waals surface area contributed by atoms with E-state index < -0.39 is 0 Å². The molecular weight excluding hydrogens is 304 g/mol. The minimum Gasteiger partial charge on any atom is -0.438 e. The van der Waals surface area contributed by atoms with Gasteiger partial charge in [-0.05, 0) is 43.3 Å². The maximum absolute atomic E-state index is 5.92. The van der Waals surface area contributed by atoms with E-state index in [0.29, 0.717) is 5.88 Å². The molecule has 1 N–H and O–H groups in total. The van der Waals surface area contributed by atoms with Crippen molar-refractivity contribution in [3.63, 3.8) is 0 Å². The second kappa shape index (κ2) is 6.68. The van der Waals surface area contributed by atoms with Crippen molar-refractivity contribution in [3.8, 4) is 11.6 Å². The molecule has 0 spiro atoms. The SMILES string of the molecule is CCNCc1cccnc1Oc1ccc(Br)cc1C. The third-order valence-corrected chi connectivity index (χ3v) is 3.25. The van der Waals surface area contributed by atoms with Crippen molar-refractivity contribution in [2.45, 2.75) is 20.4 Å². The summed E-state index contributed by atoms with van der Waals surface area (Å²) in [5.41, 5.74) is 2.14. The predicted molar refractivity (Wildman–Crippen MR) is 80.6 cm³/mol. The standard InChI is InChI=1S/C15H17BrN2O/c1-3-17-10-12-5-4-8-18-15(12)19-14-7-6-13(16)9-11(14)2/h4-9,17H,3,10H2,1-2H3. The Morgan fingerprint density at radius 3 is 2.89 bits per heavy atom. The molecule has 0 aliphatic rings. The highest BCUT2D eigenvalue weighted by Gasteiger charge is 2.07. The van der Waals surface area contributed by atoms with E-state index in [2.05, 4.69) is 33.2 Å². The van der Waals surface area contributed by atoms with Crippen LogP contribution in [0.2, 0.25) is 0 Å². The number of nitrogens with zero attached hydrogens (tertiary/aromatic N) is 1. The van der Waals surface area contributed by atoms with Gasteiger partial charge in [-0.25, -0.2) is 4.98 Å². The fraction of sp³-hybridized carbons (Fsp3) is 0.267. The van der Waals surface area contributed by atoms with Crippen LogP contribution in [-0.2, 0) is 6.54 Å². The summed E-state index contributed by atoms with van der Waals surface area (Å²) in [6, 6.07) is 9.90. The topological polar surface area (TPSA) is 34.2 Å². The van der Waals surface area contributed by atoms with Crippen LogP contribution in [0.4, 0.5) is 0 Å². The van der Waals surface area contributed by atoms with Gasteiger partial charge in [-0.1, -0.05) is 28.9 Å². The molecule has 0 fully saturated rings. The van der Waals surface area contributed by atoms with Gasteiger partial charge in [-0.2, -0.15) is 0 Å². The molecule has 4 heteroatoms. The summed E-state index contributed by atoms with van der Waals surface area (Å²) in [4.78, 5) is 4.32. The fourth-order valence-electron chi connectivity index (χ4n) is 1.74. The van der Waals surface area contributed by atoms with Gasteiger partial charge >= 0.3 is 0 Å². The monoisotopic (exact) mass is 320 g/mol. The molecule has 19 heavy (non-hydrogen) atoms. The van der Waals surface area contributed by atoms with Crippen LogP contribution < -0.4 is 10.1 Å². The number of rotatable bonds is 5. The van der Waals surface area contributed by atoms with Crippen molar-refractivity contribution in [2.24, 2.45) is 0 Å². The van der Waals surface area contributed by atoms with Crippen LogP contribution in [0.1, 0.15) is 18.1 Å². The Morgan fingerprint density at radius 1 is 1.32 bits per heavy atom. The van der Waals surface area contributed by atoms with Crippen molar-refractivity contribution in [1.29, 1.82) is 0 Å². The number of halogens is 1. The van der Waals surface area contributed by atoms with Gasteiger partial charge in [0.15, 0.2) is 0 Å². The van der Waals surface area contributed by atoms with E-state index in [1.807, 2.05) is 37.3 Å². The zero-order chi connectivity index (χ0) is 13.7. The Bertz CT molecular complexity index is 558. The molecule has 0 aliphatic carbocycles. The number of aromatic nitrogens is 1. The first-order valence-corrected chi connectivity index (χ1v) is 7.08. The zero-order valence-electron chi connectivity index (χ0n) is 11.1. The van der Waals surface area contributed by atoms with Crippen molar-refractivity contribution in [2.75, 3.05) is 6.54 Å². The van der Waals surface area contributed by atoms with Crippen LogP contribution in [0.15, 0.2) is 41.0 Å². The Kier molecular flexibility index (Phi) is 4.93. The molecule has 1 heterocycles. The molecule has 0 radical (unpaired) electrons. The van der Waals surface area contributed by atoms with Crippen LogP contribution in [0, 0.1) is 6.92 Å². The summed E-state index contributed by atoms with van der Waals surface area (Å²) < 4.78 is 6.97. The highest BCUT2D eigenvalue weighted by molar-refractivity contribution is 9.10. The first-order chi connectivity index (χ1) is 9.20. The highest BCUT2D eigenvalue weighted by atomic mass is 79.9. The van der Waals surface area contributed by atoms with Crippen molar-refractivity contribution >= 4 is 15.9 Å². The lowest BCUT2D eigenvalue weighted by Crippen LogP contribution is -2.12. The highest BCUT2D eigenvalue weighted by Crippen LogP contribution is 2.28. The molecule has 1 aromatic heterocycles. The van der Waals surface area contributed by atoms with E-state index in [0.717, 1.165) is 34.4 Å². The third kappa shape index (κ3) is 3.78. The van der Waals surface area contributed by atoms with Gasteiger partial charge in [0.2, 0.25) is 5.88 Å².